The van der Waals surface area contributed by atoms with Gasteiger partial charge in [0.15, 0.2) is 0 Å². The van der Waals surface area contributed by atoms with Gasteiger partial charge in [0.1, 0.15) is 0 Å². The third-order valence-corrected chi connectivity index (χ3v) is 6.97. The van der Waals surface area contributed by atoms with E-state index in [-0.39, 0.29) is 30.9 Å². The maximum atomic E-state index is 13.7. The number of carbonyl (C=O) groups is 1. The first-order chi connectivity index (χ1) is 18.1. The molecule has 1 saturated heterocycles. The summed E-state index contributed by atoms with van der Waals surface area (Å²) < 4.78 is 41.1. The smallest absolute Gasteiger partial charge is 0.371 e. The molecule has 2 heterocycles. The molecule has 0 radical (unpaired) electrons. The fraction of sp³-hybridized carbons (Fsp3) is 0.393. The summed E-state index contributed by atoms with van der Waals surface area (Å²) in [7, 11) is 4.22. The summed E-state index contributed by atoms with van der Waals surface area (Å²) in [5, 5.41) is 3.03. The van der Waals surface area contributed by atoms with Crippen LogP contribution < -0.4 is 16.0 Å². The van der Waals surface area contributed by atoms with Crippen molar-refractivity contribution in [1.82, 2.24) is 14.9 Å². The number of piperidine rings is 1. The van der Waals surface area contributed by atoms with E-state index in [1.807, 2.05) is 24.3 Å². The number of aryl methyl sites for hydroxylation is 2. The number of nitrogens with zero attached hydrogens (tertiary/aromatic N) is 4. The Kier molecular flexibility index (Phi) is 8.51. The zero-order valence-electron chi connectivity index (χ0n) is 21.6. The van der Waals surface area contributed by atoms with Crippen molar-refractivity contribution in [2.45, 2.75) is 44.3 Å². The maximum absolute atomic E-state index is 13.7. The van der Waals surface area contributed by atoms with Crippen molar-refractivity contribution in [3.8, 4) is 0 Å². The lowest BCUT2D eigenvalue weighted by molar-refractivity contribution is -0.138. The van der Waals surface area contributed by atoms with Crippen LogP contribution in [0.5, 0.6) is 0 Å². The Labute approximate surface area is 220 Å². The molecule has 202 valence electrons. The third kappa shape index (κ3) is 7.00. The topological polar surface area (TPSA) is 87.4 Å². The van der Waals surface area contributed by atoms with E-state index >= 15 is 0 Å². The van der Waals surface area contributed by atoms with E-state index in [4.69, 9.17) is 5.73 Å². The summed E-state index contributed by atoms with van der Waals surface area (Å²) in [5.74, 6) is -0.399. The lowest BCUT2D eigenvalue weighted by Crippen LogP contribution is -2.41. The maximum Gasteiger partial charge on any atom is 0.419 e. The second-order valence-corrected chi connectivity index (χ2v) is 9.82. The summed E-state index contributed by atoms with van der Waals surface area (Å²) in [6.07, 6.45) is -1.22. The van der Waals surface area contributed by atoms with Crippen molar-refractivity contribution in [2.75, 3.05) is 37.4 Å². The van der Waals surface area contributed by atoms with Crippen LogP contribution in [0.2, 0.25) is 0 Å². The van der Waals surface area contributed by atoms with Crippen LogP contribution >= 0.6 is 0 Å². The van der Waals surface area contributed by atoms with Crippen molar-refractivity contribution in [1.29, 1.82) is 0 Å². The summed E-state index contributed by atoms with van der Waals surface area (Å²) in [6, 6.07) is 15.5. The number of hydrogen-bond acceptors (Lipinski definition) is 6. The van der Waals surface area contributed by atoms with Gasteiger partial charge in [0.2, 0.25) is 11.9 Å². The minimum atomic E-state index is -4.58. The first-order valence-corrected chi connectivity index (χ1v) is 12.7. The highest BCUT2D eigenvalue weighted by Gasteiger charge is 2.35. The molecule has 0 atom stereocenters. The van der Waals surface area contributed by atoms with Crippen molar-refractivity contribution in [3.05, 3.63) is 77.1 Å². The van der Waals surface area contributed by atoms with Crippen molar-refractivity contribution >= 4 is 23.2 Å². The average molecular weight is 527 g/mol. The predicted molar refractivity (Wildman–Crippen MR) is 142 cm³/mol. The molecule has 7 nitrogen and oxygen atoms in total. The minimum Gasteiger partial charge on any atom is -0.371 e. The van der Waals surface area contributed by atoms with Crippen molar-refractivity contribution in [3.63, 3.8) is 0 Å². The fourth-order valence-electron chi connectivity index (χ4n) is 4.84. The second-order valence-electron chi connectivity index (χ2n) is 9.82. The van der Waals surface area contributed by atoms with E-state index in [0.717, 1.165) is 43.4 Å². The van der Waals surface area contributed by atoms with Gasteiger partial charge in [-0.3, -0.25) is 4.79 Å². The van der Waals surface area contributed by atoms with Crippen LogP contribution in [0.1, 0.15) is 35.2 Å². The van der Waals surface area contributed by atoms with Gasteiger partial charge in [-0.1, -0.05) is 24.3 Å². The van der Waals surface area contributed by atoms with E-state index in [9.17, 15) is 18.0 Å². The number of rotatable bonds is 9. The summed E-state index contributed by atoms with van der Waals surface area (Å²) in [5.41, 5.74) is 7.61. The molecule has 1 aliphatic rings. The van der Waals surface area contributed by atoms with Gasteiger partial charge < -0.3 is 20.9 Å². The van der Waals surface area contributed by atoms with Crippen molar-refractivity contribution < 1.29 is 18.0 Å². The lowest BCUT2D eigenvalue weighted by atomic mass is 9.98. The van der Waals surface area contributed by atoms with Gasteiger partial charge in [0.25, 0.3) is 0 Å². The molecule has 0 aliphatic carbocycles. The first kappa shape index (κ1) is 27.4. The number of nitrogens with one attached hydrogen (secondary N) is 1. The van der Waals surface area contributed by atoms with Gasteiger partial charge in [0.05, 0.1) is 17.7 Å². The normalized spacial score (nSPS) is 14.6. The Balaban J connectivity index is 1.47. The number of anilines is 3. The molecule has 0 spiro atoms. The number of aromatic nitrogens is 2. The Hall–Kier alpha value is -3.66. The molecule has 1 amide bonds. The number of hydrogen-bond donors (Lipinski definition) is 2. The van der Waals surface area contributed by atoms with Crippen LogP contribution in [0, 0.1) is 0 Å². The molecular formula is C28H33F3N6O. The Morgan fingerprint density at radius 3 is 2.32 bits per heavy atom. The van der Waals surface area contributed by atoms with Gasteiger partial charge in [-0.05, 0) is 75.2 Å². The monoisotopic (exact) mass is 526 g/mol. The summed E-state index contributed by atoms with van der Waals surface area (Å²) in [4.78, 5) is 24.2. The van der Waals surface area contributed by atoms with Gasteiger partial charge >= 0.3 is 6.18 Å². The molecule has 1 aromatic heterocycles. The van der Waals surface area contributed by atoms with Crippen LogP contribution in [0.4, 0.5) is 30.5 Å². The van der Waals surface area contributed by atoms with Gasteiger partial charge in [0, 0.05) is 36.7 Å². The van der Waals surface area contributed by atoms with E-state index in [0.29, 0.717) is 17.3 Å². The summed E-state index contributed by atoms with van der Waals surface area (Å²) >= 11 is 0. The summed E-state index contributed by atoms with van der Waals surface area (Å²) in [6.45, 7) is 1.95. The highest BCUT2D eigenvalue weighted by Crippen LogP contribution is 2.32. The zero-order valence-corrected chi connectivity index (χ0v) is 21.6. The Morgan fingerprint density at radius 1 is 1.05 bits per heavy atom. The molecule has 4 rings (SSSR count). The van der Waals surface area contributed by atoms with Gasteiger partial charge in [-0.25, -0.2) is 9.97 Å². The molecule has 10 heteroatoms. The zero-order chi connectivity index (χ0) is 27.3. The minimum absolute atomic E-state index is 0.0303. The average Bonchev–Trinajstić information content (AvgIpc) is 2.88. The number of primary amides is 1. The van der Waals surface area contributed by atoms with Crippen molar-refractivity contribution in [2.24, 2.45) is 5.73 Å². The van der Waals surface area contributed by atoms with Gasteiger partial charge in [-0.2, -0.15) is 13.2 Å². The van der Waals surface area contributed by atoms with E-state index in [1.165, 1.54) is 0 Å². The molecule has 0 saturated carbocycles. The highest BCUT2D eigenvalue weighted by molar-refractivity contribution is 5.77. The van der Waals surface area contributed by atoms with E-state index in [1.54, 1.807) is 24.3 Å². The predicted octanol–water partition coefficient (Wildman–Crippen LogP) is 4.58. The Morgan fingerprint density at radius 2 is 1.71 bits per heavy atom. The Bertz CT molecular complexity index is 1240. The first-order valence-electron chi connectivity index (χ1n) is 12.7. The van der Waals surface area contributed by atoms with E-state index in [2.05, 4.69) is 39.2 Å². The molecule has 2 aromatic carbocycles. The molecular weight excluding hydrogens is 493 g/mol. The van der Waals surface area contributed by atoms with Crippen LogP contribution in [0.3, 0.4) is 0 Å². The fourth-order valence-corrected chi connectivity index (χ4v) is 4.84. The number of benzene rings is 2. The van der Waals surface area contributed by atoms with Crippen LogP contribution in [-0.2, 0) is 30.2 Å². The molecule has 3 N–H and O–H groups in total. The van der Waals surface area contributed by atoms with E-state index < -0.39 is 17.6 Å². The van der Waals surface area contributed by atoms with Gasteiger partial charge in [-0.15, -0.1) is 0 Å². The molecule has 0 unspecified atom stereocenters. The molecule has 1 fully saturated rings. The third-order valence-electron chi connectivity index (χ3n) is 6.97. The molecule has 3 aromatic rings. The highest BCUT2D eigenvalue weighted by atomic mass is 19.4. The molecule has 0 bridgehead atoms. The SMILES string of the molecule is CN(C)C1CCN(c2ccc(Nc3ncc(C(F)(F)F)c(CCc4ccccc4CC(N)=O)n3)cc2)CC1. The lowest BCUT2D eigenvalue weighted by Gasteiger charge is -2.36. The largest absolute Gasteiger partial charge is 0.419 e. The number of carbonyl (C=O) groups excluding carboxylic acids is 1. The molecule has 38 heavy (non-hydrogen) atoms. The second kappa shape index (κ2) is 11.8. The number of nitrogens with two attached hydrogens (primary N) is 1. The van der Waals surface area contributed by atoms with Crippen LogP contribution in [-0.4, -0.2) is 54.0 Å². The quantitative estimate of drug-likeness (QED) is 0.424. The molecule has 1 aliphatic heterocycles. The number of amides is 1. The number of alkyl halides is 3. The number of halogens is 3. The van der Waals surface area contributed by atoms with Crippen LogP contribution in [0.15, 0.2) is 54.7 Å². The standard InChI is InChI=1S/C28H33F3N6O/c1-36(2)22-13-15-37(16-14-22)23-10-8-21(9-11-23)34-27-33-18-24(28(29,30)31)25(35-27)12-7-19-5-3-4-6-20(19)17-26(32)38/h3-6,8-11,18,22H,7,12-17H2,1-2H3,(H2,32,38)(H,33,34,35). The van der Waals surface area contributed by atoms with Crippen LogP contribution in [0.25, 0.3) is 0 Å².